The first kappa shape index (κ1) is 19.5. The van der Waals surface area contributed by atoms with Crippen LogP contribution in [0.1, 0.15) is 34.8 Å². The van der Waals surface area contributed by atoms with Crippen molar-refractivity contribution >= 4 is 11.9 Å². The van der Waals surface area contributed by atoms with E-state index in [1.807, 2.05) is 49.4 Å². The van der Waals surface area contributed by atoms with Crippen molar-refractivity contribution in [3.8, 4) is 0 Å². The molecule has 2 rings (SSSR count). The third-order valence-corrected chi connectivity index (χ3v) is 3.98. The Bertz CT molecular complexity index is 713. The first-order valence-corrected chi connectivity index (χ1v) is 9.10. The van der Waals surface area contributed by atoms with Gasteiger partial charge in [-0.3, -0.25) is 4.79 Å². The maximum absolute atomic E-state index is 12.0. The molecule has 0 aliphatic heterocycles. The molecule has 0 radical (unpaired) electrons. The van der Waals surface area contributed by atoms with Crippen LogP contribution < -0.4 is 16.0 Å². The van der Waals surface area contributed by atoms with Crippen molar-refractivity contribution in [1.29, 1.82) is 0 Å². The first-order valence-electron chi connectivity index (χ1n) is 9.10. The maximum Gasteiger partial charge on any atom is 0.251 e. The number of benzene rings is 2. The number of carbonyl (C=O) groups is 1. The van der Waals surface area contributed by atoms with Crippen LogP contribution >= 0.6 is 0 Å². The van der Waals surface area contributed by atoms with Crippen LogP contribution in [0.4, 0.5) is 0 Å². The molecular weight excluding hydrogens is 324 g/mol. The minimum atomic E-state index is -0.0364. The number of amides is 1. The Labute approximate surface area is 155 Å². The summed E-state index contributed by atoms with van der Waals surface area (Å²) < 4.78 is 0. The van der Waals surface area contributed by atoms with Crippen LogP contribution in [0.3, 0.4) is 0 Å². The monoisotopic (exact) mass is 352 g/mol. The normalized spacial score (nSPS) is 11.1. The van der Waals surface area contributed by atoms with Crippen LogP contribution in [-0.4, -0.2) is 31.5 Å². The lowest BCUT2D eigenvalue weighted by atomic mass is 10.1. The van der Waals surface area contributed by atoms with Gasteiger partial charge >= 0.3 is 0 Å². The number of rotatable bonds is 8. The quantitative estimate of drug-likeness (QED) is 0.389. The van der Waals surface area contributed by atoms with Crippen LogP contribution in [0.5, 0.6) is 0 Å². The Morgan fingerprint density at radius 3 is 2.35 bits per heavy atom. The second-order valence-electron chi connectivity index (χ2n) is 6.02. The largest absolute Gasteiger partial charge is 0.357 e. The number of hydrogen-bond donors (Lipinski definition) is 3. The average Bonchev–Trinajstić information content (AvgIpc) is 2.67. The molecule has 2 aromatic rings. The Morgan fingerprint density at radius 2 is 1.62 bits per heavy atom. The molecule has 0 aromatic heterocycles. The molecular formula is C21H28N4O. The molecule has 5 heteroatoms. The zero-order valence-corrected chi connectivity index (χ0v) is 15.6. The molecule has 0 bridgehead atoms. The standard InChI is InChI=1S/C21H28N4O/c1-3-22-21(25-16-19-13-8-7-10-17(19)2)24-15-9-14-23-20(26)18-11-5-4-6-12-18/h4-8,10-13H,3,9,14-16H2,1-2H3,(H,23,26)(H2,22,24,25). The smallest absolute Gasteiger partial charge is 0.251 e. The van der Waals surface area contributed by atoms with E-state index in [4.69, 9.17) is 0 Å². The van der Waals surface area contributed by atoms with Gasteiger partial charge in [-0.05, 0) is 43.5 Å². The van der Waals surface area contributed by atoms with E-state index in [0.29, 0.717) is 18.7 Å². The highest BCUT2D eigenvalue weighted by Gasteiger charge is 2.03. The summed E-state index contributed by atoms with van der Waals surface area (Å²) in [6, 6.07) is 17.5. The number of aryl methyl sites for hydroxylation is 1. The van der Waals surface area contributed by atoms with Gasteiger partial charge in [0.1, 0.15) is 0 Å². The Morgan fingerprint density at radius 1 is 0.923 bits per heavy atom. The fourth-order valence-electron chi connectivity index (χ4n) is 2.48. The molecule has 2 aromatic carbocycles. The summed E-state index contributed by atoms with van der Waals surface area (Å²) in [4.78, 5) is 16.6. The highest BCUT2D eigenvalue weighted by Crippen LogP contribution is 2.07. The summed E-state index contributed by atoms with van der Waals surface area (Å²) in [5, 5.41) is 9.49. The van der Waals surface area contributed by atoms with Crippen molar-refractivity contribution in [3.63, 3.8) is 0 Å². The van der Waals surface area contributed by atoms with Gasteiger partial charge in [0.2, 0.25) is 0 Å². The lowest BCUT2D eigenvalue weighted by Gasteiger charge is -2.12. The van der Waals surface area contributed by atoms with E-state index in [-0.39, 0.29) is 5.91 Å². The molecule has 0 unspecified atom stereocenters. The Hall–Kier alpha value is -2.82. The van der Waals surface area contributed by atoms with E-state index in [0.717, 1.165) is 25.5 Å². The van der Waals surface area contributed by atoms with Crippen molar-refractivity contribution in [3.05, 3.63) is 71.3 Å². The maximum atomic E-state index is 12.0. The van der Waals surface area contributed by atoms with Gasteiger partial charge in [0.25, 0.3) is 5.91 Å². The number of nitrogens with one attached hydrogen (secondary N) is 3. The highest BCUT2D eigenvalue weighted by atomic mass is 16.1. The van der Waals surface area contributed by atoms with Crippen molar-refractivity contribution in [2.45, 2.75) is 26.8 Å². The summed E-state index contributed by atoms with van der Waals surface area (Å²) in [6.07, 6.45) is 0.827. The van der Waals surface area contributed by atoms with Crippen molar-refractivity contribution in [1.82, 2.24) is 16.0 Å². The van der Waals surface area contributed by atoms with E-state index >= 15 is 0 Å². The van der Waals surface area contributed by atoms with Gasteiger partial charge in [-0.15, -0.1) is 0 Å². The molecule has 0 atom stereocenters. The number of nitrogens with zero attached hydrogens (tertiary/aromatic N) is 1. The van der Waals surface area contributed by atoms with Gasteiger partial charge in [-0.1, -0.05) is 42.5 Å². The van der Waals surface area contributed by atoms with E-state index in [2.05, 4.69) is 40.0 Å². The second kappa shape index (κ2) is 10.9. The molecule has 138 valence electrons. The molecule has 5 nitrogen and oxygen atoms in total. The lowest BCUT2D eigenvalue weighted by Crippen LogP contribution is -2.38. The van der Waals surface area contributed by atoms with E-state index < -0.39 is 0 Å². The summed E-state index contributed by atoms with van der Waals surface area (Å²) >= 11 is 0. The minimum absolute atomic E-state index is 0.0364. The van der Waals surface area contributed by atoms with Crippen LogP contribution in [-0.2, 0) is 6.54 Å². The Kier molecular flexibility index (Phi) is 8.19. The van der Waals surface area contributed by atoms with Crippen molar-refractivity contribution in [2.75, 3.05) is 19.6 Å². The number of hydrogen-bond acceptors (Lipinski definition) is 2. The lowest BCUT2D eigenvalue weighted by molar-refractivity contribution is 0.0953. The SMILES string of the molecule is CCNC(=NCc1ccccc1C)NCCCNC(=O)c1ccccc1. The topological polar surface area (TPSA) is 65.5 Å². The van der Waals surface area contributed by atoms with Gasteiger partial charge in [0.05, 0.1) is 6.54 Å². The van der Waals surface area contributed by atoms with E-state index in [1.165, 1.54) is 11.1 Å². The average molecular weight is 352 g/mol. The third kappa shape index (κ3) is 6.59. The summed E-state index contributed by atoms with van der Waals surface area (Å²) in [6.45, 7) is 6.97. The summed E-state index contributed by atoms with van der Waals surface area (Å²) in [5.41, 5.74) is 3.16. The number of aliphatic imine (C=N–C) groups is 1. The summed E-state index contributed by atoms with van der Waals surface area (Å²) in [5.74, 6) is 0.760. The van der Waals surface area contributed by atoms with Crippen molar-refractivity contribution in [2.24, 2.45) is 4.99 Å². The molecule has 0 fully saturated rings. The van der Waals surface area contributed by atoms with Crippen LogP contribution in [0, 0.1) is 6.92 Å². The molecule has 0 aliphatic carbocycles. The van der Waals surface area contributed by atoms with E-state index in [9.17, 15) is 4.79 Å². The molecule has 0 saturated carbocycles. The fourth-order valence-corrected chi connectivity index (χ4v) is 2.48. The molecule has 1 amide bonds. The Balaban J connectivity index is 1.73. The van der Waals surface area contributed by atoms with Gasteiger partial charge < -0.3 is 16.0 Å². The molecule has 0 spiro atoms. The molecule has 0 saturated heterocycles. The van der Waals surface area contributed by atoms with Crippen LogP contribution in [0.2, 0.25) is 0 Å². The van der Waals surface area contributed by atoms with Crippen LogP contribution in [0.15, 0.2) is 59.6 Å². The second-order valence-corrected chi connectivity index (χ2v) is 6.02. The van der Waals surface area contributed by atoms with Gasteiger partial charge in [-0.2, -0.15) is 0 Å². The molecule has 26 heavy (non-hydrogen) atoms. The number of guanidine groups is 1. The van der Waals surface area contributed by atoms with Crippen molar-refractivity contribution < 1.29 is 4.79 Å². The predicted molar refractivity (Wildman–Crippen MR) is 107 cm³/mol. The highest BCUT2D eigenvalue weighted by molar-refractivity contribution is 5.94. The van der Waals surface area contributed by atoms with E-state index in [1.54, 1.807) is 0 Å². The molecule has 0 aliphatic rings. The molecule has 0 heterocycles. The summed E-state index contributed by atoms with van der Waals surface area (Å²) in [7, 11) is 0. The molecule has 3 N–H and O–H groups in total. The zero-order chi connectivity index (χ0) is 18.6. The van der Waals surface area contributed by atoms with Gasteiger partial charge in [-0.25, -0.2) is 4.99 Å². The van der Waals surface area contributed by atoms with Gasteiger partial charge in [0.15, 0.2) is 5.96 Å². The van der Waals surface area contributed by atoms with Gasteiger partial charge in [0, 0.05) is 25.2 Å². The predicted octanol–water partition coefficient (Wildman–Crippen LogP) is 2.87. The fraction of sp³-hybridized carbons (Fsp3) is 0.333. The van der Waals surface area contributed by atoms with Crippen LogP contribution in [0.25, 0.3) is 0 Å². The number of carbonyl (C=O) groups excluding carboxylic acids is 1. The minimum Gasteiger partial charge on any atom is -0.357 e. The zero-order valence-electron chi connectivity index (χ0n) is 15.6. The first-order chi connectivity index (χ1) is 12.7. The third-order valence-electron chi connectivity index (χ3n) is 3.98.